The number of rotatable bonds is 9. The lowest BCUT2D eigenvalue weighted by atomic mass is 9.98. The monoisotopic (exact) mass is 423 g/mol. The first kappa shape index (κ1) is 22.5. The summed E-state index contributed by atoms with van der Waals surface area (Å²) in [4.78, 5) is 34.0. The number of aliphatic hydroxyl groups excluding tert-OH is 1. The number of likely N-dealkylation sites (tertiary alicyclic amines) is 1. The number of hydrogen-bond donors (Lipinski definition) is 1. The van der Waals surface area contributed by atoms with Crippen molar-refractivity contribution in [2.45, 2.75) is 26.8 Å². The molecule has 7 heteroatoms. The highest BCUT2D eigenvalue weighted by Gasteiger charge is 2.46. The molecular formula is C24H29N3O4. The van der Waals surface area contributed by atoms with Crippen LogP contribution in [-0.2, 0) is 9.59 Å². The highest BCUT2D eigenvalue weighted by molar-refractivity contribution is 6.46. The normalized spacial score (nSPS) is 18.1. The van der Waals surface area contributed by atoms with Gasteiger partial charge in [0.05, 0.1) is 17.9 Å². The van der Waals surface area contributed by atoms with Crippen molar-refractivity contribution in [3.8, 4) is 5.75 Å². The van der Waals surface area contributed by atoms with E-state index in [0.29, 0.717) is 36.7 Å². The molecule has 0 aliphatic carbocycles. The van der Waals surface area contributed by atoms with Crippen LogP contribution in [0.2, 0.25) is 0 Å². The van der Waals surface area contributed by atoms with E-state index in [1.807, 2.05) is 13.0 Å². The van der Waals surface area contributed by atoms with Gasteiger partial charge in [0.1, 0.15) is 17.6 Å². The number of likely N-dealkylation sites (N-methyl/N-ethyl adjacent to an activating group) is 1. The summed E-state index contributed by atoms with van der Waals surface area (Å²) in [5.41, 5.74) is 1.06. The highest BCUT2D eigenvalue weighted by atomic mass is 16.5. The number of amides is 1. The maximum atomic E-state index is 13.0. The third-order valence-corrected chi connectivity index (χ3v) is 5.50. The average Bonchev–Trinajstić information content (AvgIpc) is 3.05. The maximum absolute atomic E-state index is 13.0. The molecule has 164 valence electrons. The minimum atomic E-state index is -0.733. The lowest BCUT2D eigenvalue weighted by Gasteiger charge is -2.27. The van der Waals surface area contributed by atoms with Crippen LogP contribution in [0.4, 0.5) is 0 Å². The molecule has 31 heavy (non-hydrogen) atoms. The standard InChI is InChI=1S/C24H29N3O4/c1-4-26(5-2)15-16-27-21(19-9-7-8-14-25-19)20(23(29)24(27)30)22(28)17-10-12-18(13-11-17)31-6-3/h7-14,21,28H,4-6,15-16H2,1-3H3. The Balaban J connectivity index is 2.03. The molecule has 0 saturated carbocycles. The minimum Gasteiger partial charge on any atom is -0.507 e. The number of benzene rings is 1. The van der Waals surface area contributed by atoms with E-state index >= 15 is 0 Å². The number of nitrogens with zero attached hydrogens (tertiary/aromatic N) is 3. The van der Waals surface area contributed by atoms with Gasteiger partial charge >= 0.3 is 0 Å². The van der Waals surface area contributed by atoms with E-state index in [1.54, 1.807) is 42.6 Å². The van der Waals surface area contributed by atoms with Crippen LogP contribution >= 0.6 is 0 Å². The largest absolute Gasteiger partial charge is 0.507 e. The van der Waals surface area contributed by atoms with Crippen LogP contribution in [0.3, 0.4) is 0 Å². The summed E-state index contributed by atoms with van der Waals surface area (Å²) in [5, 5.41) is 11.0. The van der Waals surface area contributed by atoms with Crippen LogP contribution in [-0.4, -0.2) is 64.4 Å². The SMILES string of the molecule is CCOc1ccc(C(O)=C2C(=O)C(=O)N(CCN(CC)CC)C2c2ccccn2)cc1. The molecule has 2 heterocycles. The van der Waals surface area contributed by atoms with Crippen molar-refractivity contribution < 1.29 is 19.4 Å². The second-order valence-corrected chi connectivity index (χ2v) is 7.23. The zero-order valence-corrected chi connectivity index (χ0v) is 18.2. The van der Waals surface area contributed by atoms with E-state index in [0.717, 1.165) is 13.1 Å². The molecule has 1 N–H and O–H groups in total. The third kappa shape index (κ3) is 4.77. The Labute approximate surface area is 183 Å². The average molecular weight is 424 g/mol. The van der Waals surface area contributed by atoms with Crippen molar-refractivity contribution in [1.29, 1.82) is 0 Å². The number of carbonyl (C=O) groups is 2. The van der Waals surface area contributed by atoms with Gasteiger partial charge in [-0.1, -0.05) is 19.9 Å². The first-order valence-electron chi connectivity index (χ1n) is 10.7. The fourth-order valence-electron chi connectivity index (χ4n) is 3.78. The van der Waals surface area contributed by atoms with E-state index < -0.39 is 17.7 Å². The predicted octanol–water partition coefficient (Wildman–Crippen LogP) is 3.24. The van der Waals surface area contributed by atoms with Gasteiger partial charge in [0, 0.05) is 24.8 Å². The fourth-order valence-corrected chi connectivity index (χ4v) is 3.78. The Morgan fingerprint density at radius 2 is 1.81 bits per heavy atom. The first-order chi connectivity index (χ1) is 15.0. The van der Waals surface area contributed by atoms with Crippen LogP contribution in [0, 0.1) is 0 Å². The Morgan fingerprint density at radius 3 is 2.39 bits per heavy atom. The van der Waals surface area contributed by atoms with Crippen LogP contribution in [0.1, 0.15) is 38.1 Å². The molecule has 1 atom stereocenters. The van der Waals surface area contributed by atoms with E-state index in [1.165, 1.54) is 4.90 Å². The summed E-state index contributed by atoms with van der Waals surface area (Å²) < 4.78 is 5.45. The van der Waals surface area contributed by atoms with Crippen molar-refractivity contribution >= 4 is 17.4 Å². The minimum absolute atomic E-state index is 0.0624. The number of ether oxygens (including phenoxy) is 1. The fraction of sp³-hybridized carbons (Fsp3) is 0.375. The van der Waals surface area contributed by atoms with Crippen molar-refractivity contribution in [2.24, 2.45) is 0 Å². The highest BCUT2D eigenvalue weighted by Crippen LogP contribution is 2.38. The summed E-state index contributed by atoms with van der Waals surface area (Å²) >= 11 is 0. The van der Waals surface area contributed by atoms with E-state index in [9.17, 15) is 14.7 Å². The Hall–Kier alpha value is -3.19. The van der Waals surface area contributed by atoms with Crippen molar-refractivity contribution in [3.63, 3.8) is 0 Å². The van der Waals surface area contributed by atoms with Crippen LogP contribution < -0.4 is 4.74 Å². The summed E-state index contributed by atoms with van der Waals surface area (Å²) in [7, 11) is 0. The summed E-state index contributed by atoms with van der Waals surface area (Å²) in [6, 6.07) is 11.4. The predicted molar refractivity (Wildman–Crippen MR) is 119 cm³/mol. The van der Waals surface area contributed by atoms with Crippen molar-refractivity contribution in [2.75, 3.05) is 32.8 Å². The molecule has 1 saturated heterocycles. The zero-order chi connectivity index (χ0) is 22.4. The molecular weight excluding hydrogens is 394 g/mol. The number of ketones is 1. The van der Waals surface area contributed by atoms with Gasteiger partial charge in [0.2, 0.25) is 0 Å². The number of aromatic nitrogens is 1. The zero-order valence-electron chi connectivity index (χ0n) is 18.2. The second-order valence-electron chi connectivity index (χ2n) is 7.23. The lowest BCUT2D eigenvalue weighted by molar-refractivity contribution is -0.140. The Morgan fingerprint density at radius 1 is 1.10 bits per heavy atom. The van der Waals surface area contributed by atoms with Gasteiger partial charge in [-0.2, -0.15) is 0 Å². The van der Waals surface area contributed by atoms with Gasteiger partial charge in [0.25, 0.3) is 11.7 Å². The smallest absolute Gasteiger partial charge is 0.295 e. The summed E-state index contributed by atoms with van der Waals surface area (Å²) in [6.45, 7) is 9.23. The summed E-state index contributed by atoms with van der Waals surface area (Å²) in [5.74, 6) is -0.848. The number of pyridine rings is 1. The van der Waals surface area contributed by atoms with Gasteiger partial charge in [0.15, 0.2) is 0 Å². The molecule has 1 aliphatic rings. The molecule has 1 unspecified atom stereocenters. The molecule has 1 amide bonds. The molecule has 1 aromatic carbocycles. The number of hydrogen-bond acceptors (Lipinski definition) is 6. The molecule has 1 aromatic heterocycles. The Bertz CT molecular complexity index is 937. The molecule has 3 rings (SSSR count). The number of carbonyl (C=O) groups excluding carboxylic acids is 2. The van der Waals surface area contributed by atoms with Gasteiger partial charge in [-0.25, -0.2) is 0 Å². The molecule has 0 bridgehead atoms. The quantitative estimate of drug-likeness (QED) is 0.379. The van der Waals surface area contributed by atoms with E-state index in [-0.39, 0.29) is 11.3 Å². The lowest BCUT2D eigenvalue weighted by Crippen LogP contribution is -2.38. The summed E-state index contributed by atoms with van der Waals surface area (Å²) in [6.07, 6.45) is 1.62. The topological polar surface area (TPSA) is 83.0 Å². The van der Waals surface area contributed by atoms with Crippen molar-refractivity contribution in [1.82, 2.24) is 14.8 Å². The van der Waals surface area contributed by atoms with Gasteiger partial charge < -0.3 is 19.6 Å². The third-order valence-electron chi connectivity index (χ3n) is 5.50. The molecule has 1 fully saturated rings. The maximum Gasteiger partial charge on any atom is 0.295 e. The van der Waals surface area contributed by atoms with Gasteiger partial charge in [-0.3, -0.25) is 14.6 Å². The Kier molecular flexibility index (Phi) is 7.41. The molecule has 0 radical (unpaired) electrons. The van der Waals surface area contributed by atoms with Gasteiger partial charge in [-0.05, 0) is 56.4 Å². The molecule has 7 nitrogen and oxygen atoms in total. The number of aliphatic hydroxyl groups is 1. The van der Waals surface area contributed by atoms with Crippen LogP contribution in [0.5, 0.6) is 5.75 Å². The van der Waals surface area contributed by atoms with Crippen LogP contribution in [0.15, 0.2) is 54.2 Å². The molecule has 1 aliphatic heterocycles. The van der Waals surface area contributed by atoms with Crippen molar-refractivity contribution in [3.05, 3.63) is 65.5 Å². The van der Waals surface area contributed by atoms with E-state index in [4.69, 9.17) is 4.74 Å². The number of Topliss-reactive ketones (excluding diaryl/α,β-unsaturated/α-hetero) is 1. The van der Waals surface area contributed by atoms with E-state index in [2.05, 4.69) is 23.7 Å². The van der Waals surface area contributed by atoms with Gasteiger partial charge in [-0.15, -0.1) is 0 Å². The first-order valence-corrected chi connectivity index (χ1v) is 10.7. The second kappa shape index (κ2) is 10.2. The molecule has 2 aromatic rings. The molecule has 0 spiro atoms. The van der Waals surface area contributed by atoms with Crippen LogP contribution in [0.25, 0.3) is 5.76 Å².